The second kappa shape index (κ2) is 8.09. The predicted molar refractivity (Wildman–Crippen MR) is 96.8 cm³/mol. The predicted octanol–water partition coefficient (Wildman–Crippen LogP) is 2.48. The SMILES string of the molecule is CCC(=O)CN1CCN(CC2CCN(C(C)C)C(C)(C)C2)CC1. The molecule has 1 atom stereocenters. The lowest BCUT2D eigenvalue weighted by Crippen LogP contribution is -2.55. The average Bonchev–Trinajstić information content (AvgIpc) is 2.47. The molecule has 0 aromatic carbocycles. The van der Waals surface area contributed by atoms with Gasteiger partial charge in [-0.05, 0) is 53.0 Å². The Bertz CT molecular complexity index is 386. The van der Waals surface area contributed by atoms with Crippen molar-refractivity contribution in [2.24, 2.45) is 5.92 Å². The minimum atomic E-state index is 0.326. The Morgan fingerprint density at radius 2 is 1.70 bits per heavy atom. The van der Waals surface area contributed by atoms with E-state index in [1.807, 2.05) is 6.92 Å². The molecule has 2 rings (SSSR count). The van der Waals surface area contributed by atoms with Gasteiger partial charge in [0, 0.05) is 50.7 Å². The third-order valence-corrected chi connectivity index (χ3v) is 5.74. The zero-order valence-electron chi connectivity index (χ0n) is 16.0. The fourth-order valence-corrected chi connectivity index (χ4v) is 4.52. The number of nitrogens with zero attached hydrogens (tertiary/aromatic N) is 3. The van der Waals surface area contributed by atoms with Crippen molar-refractivity contribution < 1.29 is 4.79 Å². The fraction of sp³-hybridized carbons (Fsp3) is 0.947. The largest absolute Gasteiger partial charge is 0.301 e. The van der Waals surface area contributed by atoms with E-state index in [9.17, 15) is 4.79 Å². The summed E-state index contributed by atoms with van der Waals surface area (Å²) in [6.45, 7) is 18.9. The van der Waals surface area contributed by atoms with E-state index < -0.39 is 0 Å². The quantitative estimate of drug-likeness (QED) is 0.750. The summed E-state index contributed by atoms with van der Waals surface area (Å²) >= 11 is 0. The first-order valence-electron chi connectivity index (χ1n) is 9.55. The lowest BCUT2D eigenvalue weighted by Gasteiger charge is -2.49. The molecule has 2 heterocycles. The van der Waals surface area contributed by atoms with Gasteiger partial charge in [0.05, 0.1) is 6.54 Å². The molecule has 2 saturated heterocycles. The first-order chi connectivity index (χ1) is 10.8. The van der Waals surface area contributed by atoms with Crippen LogP contribution in [0, 0.1) is 5.92 Å². The molecular weight excluding hydrogens is 286 g/mol. The first kappa shape index (κ1) is 18.9. The number of piperazine rings is 1. The molecule has 134 valence electrons. The summed E-state index contributed by atoms with van der Waals surface area (Å²) in [4.78, 5) is 19.2. The van der Waals surface area contributed by atoms with Crippen LogP contribution in [0.3, 0.4) is 0 Å². The smallest absolute Gasteiger partial charge is 0.146 e. The topological polar surface area (TPSA) is 26.8 Å². The van der Waals surface area contributed by atoms with Gasteiger partial charge >= 0.3 is 0 Å². The summed E-state index contributed by atoms with van der Waals surface area (Å²) in [5, 5.41) is 0. The van der Waals surface area contributed by atoms with E-state index in [2.05, 4.69) is 42.4 Å². The van der Waals surface area contributed by atoms with Gasteiger partial charge in [-0.2, -0.15) is 0 Å². The molecule has 4 heteroatoms. The third-order valence-electron chi connectivity index (χ3n) is 5.74. The van der Waals surface area contributed by atoms with Gasteiger partial charge in [-0.3, -0.25) is 14.6 Å². The highest BCUT2D eigenvalue weighted by molar-refractivity contribution is 5.80. The van der Waals surface area contributed by atoms with E-state index in [-0.39, 0.29) is 0 Å². The highest BCUT2D eigenvalue weighted by Crippen LogP contribution is 2.33. The second-order valence-electron chi connectivity index (χ2n) is 8.43. The Kier molecular flexibility index (Phi) is 6.64. The number of Topliss-reactive ketones (excluding diaryl/α,β-unsaturated/α-hetero) is 1. The van der Waals surface area contributed by atoms with Crippen molar-refractivity contribution in [1.29, 1.82) is 0 Å². The van der Waals surface area contributed by atoms with Crippen molar-refractivity contribution in [1.82, 2.24) is 14.7 Å². The molecule has 0 N–H and O–H groups in total. The monoisotopic (exact) mass is 323 g/mol. The maximum Gasteiger partial charge on any atom is 0.146 e. The molecule has 0 aromatic heterocycles. The molecule has 1 unspecified atom stereocenters. The van der Waals surface area contributed by atoms with Gasteiger partial charge in [0.2, 0.25) is 0 Å². The summed E-state index contributed by atoms with van der Waals surface area (Å²) in [5.74, 6) is 1.20. The van der Waals surface area contributed by atoms with E-state index in [1.165, 1.54) is 25.9 Å². The normalized spacial score (nSPS) is 27.5. The molecule has 23 heavy (non-hydrogen) atoms. The maximum absolute atomic E-state index is 11.6. The van der Waals surface area contributed by atoms with Crippen LogP contribution in [0.15, 0.2) is 0 Å². The zero-order chi connectivity index (χ0) is 17.0. The molecule has 0 aromatic rings. The molecule has 2 aliphatic rings. The number of ketones is 1. The Hall–Kier alpha value is -0.450. The van der Waals surface area contributed by atoms with Gasteiger partial charge < -0.3 is 4.90 Å². The molecule has 0 bridgehead atoms. The summed E-state index contributed by atoms with van der Waals surface area (Å²) < 4.78 is 0. The molecule has 0 aliphatic carbocycles. The average molecular weight is 324 g/mol. The van der Waals surface area contributed by atoms with Gasteiger partial charge in [-0.1, -0.05) is 6.92 Å². The van der Waals surface area contributed by atoms with Gasteiger partial charge in [0.1, 0.15) is 5.78 Å². The van der Waals surface area contributed by atoms with Gasteiger partial charge in [-0.15, -0.1) is 0 Å². The van der Waals surface area contributed by atoms with Gasteiger partial charge in [-0.25, -0.2) is 0 Å². The van der Waals surface area contributed by atoms with E-state index in [4.69, 9.17) is 0 Å². The number of carbonyl (C=O) groups is 1. The van der Waals surface area contributed by atoms with Crippen LogP contribution in [0.2, 0.25) is 0 Å². The number of hydrogen-bond acceptors (Lipinski definition) is 4. The lowest BCUT2D eigenvalue weighted by atomic mass is 9.81. The van der Waals surface area contributed by atoms with E-state index >= 15 is 0 Å². The van der Waals surface area contributed by atoms with Crippen molar-refractivity contribution in [2.45, 2.75) is 65.5 Å². The standard InChI is InChI=1S/C19H37N3O/c1-6-18(23)15-21-11-9-20(10-12-21)14-17-7-8-22(16(2)3)19(4,5)13-17/h16-17H,6-15H2,1-5H3. The van der Waals surface area contributed by atoms with Crippen LogP contribution in [0.5, 0.6) is 0 Å². The van der Waals surface area contributed by atoms with E-state index in [0.717, 1.165) is 32.1 Å². The summed E-state index contributed by atoms with van der Waals surface area (Å²) in [6.07, 6.45) is 3.31. The second-order valence-corrected chi connectivity index (χ2v) is 8.43. The maximum atomic E-state index is 11.6. The van der Waals surface area contributed by atoms with E-state index in [1.54, 1.807) is 0 Å². The minimum Gasteiger partial charge on any atom is -0.301 e. The van der Waals surface area contributed by atoms with Crippen molar-refractivity contribution >= 4 is 5.78 Å². The van der Waals surface area contributed by atoms with Gasteiger partial charge in [0.15, 0.2) is 0 Å². The van der Waals surface area contributed by atoms with Crippen molar-refractivity contribution in [3.8, 4) is 0 Å². The van der Waals surface area contributed by atoms with E-state index in [0.29, 0.717) is 30.3 Å². The van der Waals surface area contributed by atoms with Crippen molar-refractivity contribution in [2.75, 3.05) is 45.8 Å². The molecule has 0 amide bonds. The first-order valence-corrected chi connectivity index (χ1v) is 9.55. The van der Waals surface area contributed by atoms with Crippen LogP contribution < -0.4 is 0 Å². The Morgan fingerprint density at radius 3 is 2.22 bits per heavy atom. The lowest BCUT2D eigenvalue weighted by molar-refractivity contribution is -0.120. The molecule has 0 spiro atoms. The number of rotatable bonds is 6. The summed E-state index contributed by atoms with van der Waals surface area (Å²) in [7, 11) is 0. The minimum absolute atomic E-state index is 0.326. The van der Waals surface area contributed by atoms with Crippen LogP contribution in [0.25, 0.3) is 0 Å². The summed E-state index contributed by atoms with van der Waals surface area (Å²) in [5.41, 5.74) is 0.326. The van der Waals surface area contributed by atoms with Crippen LogP contribution in [0.1, 0.15) is 53.9 Å². The van der Waals surface area contributed by atoms with Crippen molar-refractivity contribution in [3.63, 3.8) is 0 Å². The molecule has 0 radical (unpaired) electrons. The zero-order valence-corrected chi connectivity index (χ0v) is 16.0. The van der Waals surface area contributed by atoms with Crippen molar-refractivity contribution in [3.05, 3.63) is 0 Å². The molecule has 2 aliphatic heterocycles. The highest BCUT2D eigenvalue weighted by atomic mass is 16.1. The van der Waals surface area contributed by atoms with Gasteiger partial charge in [0.25, 0.3) is 0 Å². The Morgan fingerprint density at radius 1 is 1.09 bits per heavy atom. The number of carbonyl (C=O) groups excluding carboxylic acids is 1. The number of piperidine rings is 1. The summed E-state index contributed by atoms with van der Waals surface area (Å²) in [6, 6.07) is 0.644. The molecular formula is C19H37N3O. The Balaban J connectivity index is 1.76. The molecule has 0 saturated carbocycles. The molecule has 2 fully saturated rings. The van der Waals surface area contributed by atoms with Crippen LogP contribution >= 0.6 is 0 Å². The van der Waals surface area contributed by atoms with Crippen LogP contribution in [-0.4, -0.2) is 77.9 Å². The highest BCUT2D eigenvalue weighted by Gasteiger charge is 2.36. The fourth-order valence-electron chi connectivity index (χ4n) is 4.52. The Labute approximate surface area is 143 Å². The number of hydrogen-bond donors (Lipinski definition) is 0. The molecule has 4 nitrogen and oxygen atoms in total. The third kappa shape index (κ3) is 5.27. The van der Waals surface area contributed by atoms with Crippen LogP contribution in [-0.2, 0) is 4.79 Å². The number of likely N-dealkylation sites (tertiary alicyclic amines) is 1. The van der Waals surface area contributed by atoms with Crippen LogP contribution in [0.4, 0.5) is 0 Å².